The number of ether oxygens (including phenoxy) is 2. The Morgan fingerprint density at radius 2 is 1.71 bits per heavy atom. The first-order valence-electron chi connectivity index (χ1n) is 8.54. The maximum absolute atomic E-state index is 11.8. The van der Waals surface area contributed by atoms with Gasteiger partial charge in [-0.2, -0.15) is 0 Å². The van der Waals surface area contributed by atoms with Crippen molar-refractivity contribution in [2.24, 2.45) is 0 Å². The van der Waals surface area contributed by atoms with E-state index in [0.29, 0.717) is 13.2 Å². The number of carbonyl (C=O) groups is 1. The van der Waals surface area contributed by atoms with Gasteiger partial charge in [-0.15, -0.1) is 0 Å². The predicted molar refractivity (Wildman–Crippen MR) is 97.0 cm³/mol. The number of alkyl carbamates (subject to hydrolysis) is 1. The molecule has 0 spiro atoms. The second kappa shape index (κ2) is 9.64. The minimum atomic E-state index is -0.487. The van der Waals surface area contributed by atoms with Gasteiger partial charge in [0.25, 0.3) is 0 Å². The molecule has 0 aliphatic carbocycles. The molecule has 0 aliphatic heterocycles. The Labute approximate surface area is 146 Å². The first kappa shape index (κ1) is 20.5. The summed E-state index contributed by atoms with van der Waals surface area (Å²) in [5.41, 5.74) is 0.677. The Morgan fingerprint density at radius 1 is 1.08 bits per heavy atom. The second-order valence-electron chi connectivity index (χ2n) is 7.29. The molecule has 1 aromatic rings. The van der Waals surface area contributed by atoms with Crippen molar-refractivity contribution < 1.29 is 14.3 Å². The molecule has 1 amide bonds. The first-order valence-corrected chi connectivity index (χ1v) is 8.54. The van der Waals surface area contributed by atoms with Crippen molar-refractivity contribution in [3.8, 4) is 0 Å². The van der Waals surface area contributed by atoms with Crippen LogP contribution in [0.3, 0.4) is 0 Å². The first-order chi connectivity index (χ1) is 11.2. The van der Waals surface area contributed by atoms with Crippen LogP contribution in [0.5, 0.6) is 0 Å². The number of carbonyl (C=O) groups excluding carboxylic acids is 1. The van der Waals surface area contributed by atoms with Gasteiger partial charge in [-0.25, -0.2) is 4.79 Å². The number of hydrogen-bond donors (Lipinski definition) is 2. The lowest BCUT2D eigenvalue weighted by Crippen LogP contribution is -2.51. The summed E-state index contributed by atoms with van der Waals surface area (Å²) in [6, 6.07) is 10.4. The molecule has 0 fully saturated rings. The molecule has 1 aromatic carbocycles. The third kappa shape index (κ3) is 8.89. The van der Waals surface area contributed by atoms with Gasteiger partial charge in [-0.3, -0.25) is 0 Å². The normalized spacial score (nSPS) is 15.4. The minimum Gasteiger partial charge on any atom is -0.444 e. The van der Waals surface area contributed by atoms with E-state index in [1.807, 2.05) is 65.0 Å². The van der Waals surface area contributed by atoms with Crippen LogP contribution in [0.1, 0.15) is 47.1 Å². The molecule has 0 bridgehead atoms. The second-order valence-corrected chi connectivity index (χ2v) is 7.29. The van der Waals surface area contributed by atoms with Crippen LogP contribution in [0.15, 0.2) is 30.3 Å². The van der Waals surface area contributed by atoms with E-state index in [-0.39, 0.29) is 18.1 Å². The molecule has 0 radical (unpaired) electrons. The third-order valence-corrected chi connectivity index (χ3v) is 3.52. The lowest BCUT2D eigenvalue weighted by Gasteiger charge is -2.27. The van der Waals surface area contributed by atoms with Gasteiger partial charge in [0.05, 0.1) is 13.2 Å². The van der Waals surface area contributed by atoms with Gasteiger partial charge in [-0.1, -0.05) is 30.3 Å². The van der Waals surface area contributed by atoms with Crippen molar-refractivity contribution in [3.05, 3.63) is 35.9 Å². The Hall–Kier alpha value is -1.59. The highest BCUT2D eigenvalue weighted by molar-refractivity contribution is 5.68. The Balaban J connectivity index is 2.27. The molecule has 0 aromatic heterocycles. The van der Waals surface area contributed by atoms with E-state index in [0.717, 1.165) is 5.56 Å². The summed E-state index contributed by atoms with van der Waals surface area (Å²) >= 11 is 0. The molecule has 0 saturated carbocycles. The minimum absolute atomic E-state index is 0.0450. The summed E-state index contributed by atoms with van der Waals surface area (Å²) < 4.78 is 11.0. The molecule has 5 nitrogen and oxygen atoms in total. The van der Waals surface area contributed by atoms with E-state index in [1.165, 1.54) is 0 Å². The summed E-state index contributed by atoms with van der Waals surface area (Å²) in [5, 5.41) is 6.30. The lowest BCUT2D eigenvalue weighted by atomic mass is 10.1. The largest absolute Gasteiger partial charge is 0.444 e. The molecule has 24 heavy (non-hydrogen) atoms. The van der Waals surface area contributed by atoms with Crippen LogP contribution >= 0.6 is 0 Å². The van der Waals surface area contributed by atoms with Crippen LogP contribution in [0, 0.1) is 0 Å². The summed E-state index contributed by atoms with van der Waals surface area (Å²) in [5.74, 6) is 0. The number of amides is 1. The van der Waals surface area contributed by atoms with E-state index in [2.05, 4.69) is 17.6 Å². The smallest absolute Gasteiger partial charge is 0.407 e. The Kier molecular flexibility index (Phi) is 8.22. The van der Waals surface area contributed by atoms with Crippen LogP contribution in [0.25, 0.3) is 0 Å². The van der Waals surface area contributed by atoms with Gasteiger partial charge < -0.3 is 20.1 Å². The van der Waals surface area contributed by atoms with Gasteiger partial charge in [0.1, 0.15) is 5.60 Å². The van der Waals surface area contributed by atoms with E-state index in [9.17, 15) is 4.79 Å². The zero-order valence-corrected chi connectivity index (χ0v) is 15.8. The average molecular weight is 336 g/mol. The van der Waals surface area contributed by atoms with E-state index in [1.54, 1.807) is 0 Å². The van der Waals surface area contributed by atoms with Gasteiger partial charge in [-0.05, 0) is 47.1 Å². The lowest BCUT2D eigenvalue weighted by molar-refractivity contribution is 0.0494. The summed E-state index contributed by atoms with van der Waals surface area (Å²) in [4.78, 5) is 11.8. The molecular weight excluding hydrogens is 304 g/mol. The van der Waals surface area contributed by atoms with Crippen molar-refractivity contribution in [2.45, 2.75) is 71.9 Å². The highest BCUT2D eigenvalue weighted by atomic mass is 16.6. The van der Waals surface area contributed by atoms with Gasteiger partial charge in [0, 0.05) is 18.1 Å². The van der Waals surface area contributed by atoms with Crippen molar-refractivity contribution in [2.75, 3.05) is 6.61 Å². The molecule has 5 heteroatoms. The fourth-order valence-corrected chi connectivity index (χ4v) is 2.19. The van der Waals surface area contributed by atoms with Gasteiger partial charge in [0.2, 0.25) is 0 Å². The highest BCUT2D eigenvalue weighted by Crippen LogP contribution is 2.07. The van der Waals surface area contributed by atoms with E-state index >= 15 is 0 Å². The molecule has 0 aliphatic rings. The molecule has 2 N–H and O–H groups in total. The van der Waals surface area contributed by atoms with E-state index in [4.69, 9.17) is 9.47 Å². The van der Waals surface area contributed by atoms with E-state index < -0.39 is 11.7 Å². The molecule has 3 atom stereocenters. The van der Waals surface area contributed by atoms with Crippen LogP contribution in [0.2, 0.25) is 0 Å². The maximum atomic E-state index is 11.8. The third-order valence-electron chi connectivity index (χ3n) is 3.52. The fourth-order valence-electron chi connectivity index (χ4n) is 2.19. The van der Waals surface area contributed by atoms with Gasteiger partial charge in [0.15, 0.2) is 0 Å². The van der Waals surface area contributed by atoms with Crippen LogP contribution < -0.4 is 10.6 Å². The van der Waals surface area contributed by atoms with Crippen molar-refractivity contribution in [3.63, 3.8) is 0 Å². The summed E-state index contributed by atoms with van der Waals surface area (Å²) in [7, 11) is 0. The monoisotopic (exact) mass is 336 g/mol. The van der Waals surface area contributed by atoms with Crippen LogP contribution in [-0.4, -0.2) is 36.4 Å². The molecule has 0 heterocycles. The SMILES string of the molecule is CC(COCc1ccccc1)NC(C)C(C)NC(=O)OC(C)(C)C. The molecule has 0 saturated heterocycles. The van der Waals surface area contributed by atoms with Crippen molar-refractivity contribution in [1.82, 2.24) is 10.6 Å². The van der Waals surface area contributed by atoms with Crippen LogP contribution in [0.4, 0.5) is 4.79 Å². The van der Waals surface area contributed by atoms with Crippen molar-refractivity contribution >= 4 is 6.09 Å². The Bertz CT molecular complexity index is 485. The number of nitrogens with one attached hydrogen (secondary N) is 2. The molecule has 3 unspecified atom stereocenters. The highest BCUT2D eigenvalue weighted by Gasteiger charge is 2.21. The molecule has 136 valence electrons. The number of benzene rings is 1. The van der Waals surface area contributed by atoms with Gasteiger partial charge >= 0.3 is 6.09 Å². The topological polar surface area (TPSA) is 59.6 Å². The Morgan fingerprint density at radius 3 is 2.29 bits per heavy atom. The zero-order valence-electron chi connectivity index (χ0n) is 15.8. The zero-order chi connectivity index (χ0) is 18.2. The quantitative estimate of drug-likeness (QED) is 0.763. The summed E-state index contributed by atoms with van der Waals surface area (Å²) in [6.45, 7) is 12.8. The molecule has 1 rings (SSSR count). The standard InChI is InChI=1S/C19H32N2O3/c1-14(12-23-13-17-10-8-7-9-11-17)20-15(2)16(3)21-18(22)24-19(4,5)6/h7-11,14-16,20H,12-13H2,1-6H3,(H,21,22). The number of hydrogen-bond acceptors (Lipinski definition) is 4. The maximum Gasteiger partial charge on any atom is 0.407 e. The number of rotatable bonds is 8. The predicted octanol–water partition coefficient (Wildman–Crippen LogP) is 3.48. The van der Waals surface area contributed by atoms with Crippen molar-refractivity contribution in [1.29, 1.82) is 0 Å². The van der Waals surface area contributed by atoms with Crippen LogP contribution in [-0.2, 0) is 16.1 Å². The summed E-state index contributed by atoms with van der Waals surface area (Å²) in [6.07, 6.45) is -0.392. The molecular formula is C19H32N2O3. The average Bonchev–Trinajstić information content (AvgIpc) is 2.46. The fraction of sp³-hybridized carbons (Fsp3) is 0.632.